The van der Waals surface area contributed by atoms with E-state index in [1.165, 1.54) is 0 Å². The summed E-state index contributed by atoms with van der Waals surface area (Å²) >= 11 is 0. The zero-order valence-corrected chi connectivity index (χ0v) is 26.8. The minimum atomic E-state index is -1.08. The molecule has 4 heterocycles. The molecule has 4 saturated heterocycles. The summed E-state index contributed by atoms with van der Waals surface area (Å²) in [6, 6.07) is 8.98. The average Bonchev–Trinajstić information content (AvgIpc) is 3.62. The maximum absolute atomic E-state index is 14.6. The number of likely N-dealkylation sites (tertiary alicyclic amines) is 1. The van der Waals surface area contributed by atoms with Crippen molar-refractivity contribution in [1.29, 1.82) is 0 Å². The quantitative estimate of drug-likeness (QED) is 0.223. The zero-order valence-electron chi connectivity index (χ0n) is 26.8. The lowest BCUT2D eigenvalue weighted by molar-refractivity contribution is -0.153. The highest BCUT2D eigenvalue weighted by Gasteiger charge is 2.78. The summed E-state index contributed by atoms with van der Waals surface area (Å²) < 4.78 is 12.4. The molecule has 4 aliphatic rings. The van der Waals surface area contributed by atoms with Crippen LogP contribution in [-0.2, 0) is 30.4 Å². The Labute approximate surface area is 267 Å². The van der Waals surface area contributed by atoms with Gasteiger partial charge in [0, 0.05) is 59.0 Å². The molecule has 2 unspecified atom stereocenters. The number of morpholine rings is 1. The lowest BCUT2D eigenvalue weighted by Gasteiger charge is -2.37. The van der Waals surface area contributed by atoms with Gasteiger partial charge >= 0.3 is 0 Å². The molecule has 2 bridgehead atoms. The van der Waals surface area contributed by atoms with E-state index in [1.807, 2.05) is 37.3 Å². The second-order valence-corrected chi connectivity index (χ2v) is 13.1. The van der Waals surface area contributed by atoms with E-state index in [4.69, 9.17) is 9.47 Å². The lowest BCUT2D eigenvalue weighted by Crippen LogP contribution is -2.57. The Hall–Kier alpha value is -3.05. The van der Waals surface area contributed by atoms with Gasteiger partial charge in [-0.05, 0) is 44.6 Å². The smallest absolute Gasteiger partial charge is 0.248 e. The molecule has 10 nitrogen and oxygen atoms in total. The second-order valence-electron chi connectivity index (χ2n) is 13.1. The van der Waals surface area contributed by atoms with Gasteiger partial charge in [0.15, 0.2) is 0 Å². The van der Waals surface area contributed by atoms with Crippen molar-refractivity contribution in [3.8, 4) is 0 Å². The Morgan fingerprint density at radius 1 is 1.00 bits per heavy atom. The van der Waals surface area contributed by atoms with Crippen LogP contribution in [0.15, 0.2) is 55.6 Å². The Bertz CT molecular complexity index is 1220. The van der Waals surface area contributed by atoms with Gasteiger partial charge in [0.25, 0.3) is 0 Å². The van der Waals surface area contributed by atoms with Crippen molar-refractivity contribution in [2.24, 2.45) is 11.8 Å². The molecule has 1 aromatic carbocycles. The van der Waals surface area contributed by atoms with Crippen LogP contribution in [0, 0.1) is 11.8 Å². The Balaban J connectivity index is 1.45. The standard InChI is InChI=1S/C35H50N4O6/c1-4-16-37(20-19-36-21-24-44-25-22-36)33(43)30-35-15-14-34(3,45-35)28(29(35)32(42)39(30)18-10-7-11-23-40)31(41)38(17-5-2)26-27-12-8-6-9-13-27/h4-6,8-9,12-13,28-30,40H,1-2,7,10-11,14-26H2,3H3/t28-,29+,30?,34+,35?/m1/s1. The Kier molecular flexibility index (Phi) is 10.8. The van der Waals surface area contributed by atoms with Crippen LogP contribution in [0.1, 0.15) is 44.6 Å². The highest BCUT2D eigenvalue weighted by Crippen LogP contribution is 2.63. The van der Waals surface area contributed by atoms with E-state index in [0.717, 1.165) is 25.1 Å². The zero-order chi connectivity index (χ0) is 32.0. The normalized spacial score (nSPS) is 29.1. The minimum absolute atomic E-state index is 0.0795. The third-order valence-electron chi connectivity index (χ3n) is 10.2. The van der Waals surface area contributed by atoms with Crippen molar-refractivity contribution in [2.45, 2.75) is 62.8 Å². The van der Waals surface area contributed by atoms with E-state index in [0.29, 0.717) is 78.2 Å². The van der Waals surface area contributed by atoms with Crippen LogP contribution in [0.3, 0.4) is 0 Å². The fraction of sp³-hybridized carbons (Fsp3) is 0.629. The van der Waals surface area contributed by atoms with E-state index in [-0.39, 0.29) is 24.3 Å². The third-order valence-corrected chi connectivity index (χ3v) is 10.2. The molecule has 4 aliphatic heterocycles. The molecular weight excluding hydrogens is 572 g/mol. The molecule has 45 heavy (non-hydrogen) atoms. The van der Waals surface area contributed by atoms with Gasteiger partial charge in [0.1, 0.15) is 11.6 Å². The molecule has 1 aromatic rings. The molecule has 10 heteroatoms. The highest BCUT2D eigenvalue weighted by molar-refractivity contribution is 5.99. The van der Waals surface area contributed by atoms with Gasteiger partial charge in [-0.3, -0.25) is 19.3 Å². The van der Waals surface area contributed by atoms with Crippen molar-refractivity contribution in [3.05, 3.63) is 61.2 Å². The van der Waals surface area contributed by atoms with Gasteiger partial charge in [-0.1, -0.05) is 42.5 Å². The molecule has 1 spiro atoms. The maximum atomic E-state index is 14.6. The maximum Gasteiger partial charge on any atom is 0.248 e. The van der Waals surface area contributed by atoms with E-state index < -0.39 is 29.1 Å². The van der Waals surface area contributed by atoms with Crippen molar-refractivity contribution in [3.63, 3.8) is 0 Å². The molecule has 4 fully saturated rings. The number of benzene rings is 1. The largest absolute Gasteiger partial charge is 0.396 e. The summed E-state index contributed by atoms with van der Waals surface area (Å²) in [6.45, 7) is 15.5. The molecular formula is C35H50N4O6. The number of aliphatic hydroxyl groups is 1. The van der Waals surface area contributed by atoms with Crippen LogP contribution in [0.5, 0.6) is 0 Å². The monoisotopic (exact) mass is 622 g/mol. The van der Waals surface area contributed by atoms with Crippen molar-refractivity contribution in [1.82, 2.24) is 19.6 Å². The summed E-state index contributed by atoms with van der Waals surface area (Å²) in [6.07, 6.45) is 6.59. The number of rotatable bonds is 16. The third kappa shape index (κ3) is 6.61. The van der Waals surface area contributed by atoms with Crippen LogP contribution in [0.4, 0.5) is 0 Å². The second kappa shape index (κ2) is 14.6. The molecule has 0 aliphatic carbocycles. The first-order valence-corrected chi connectivity index (χ1v) is 16.5. The van der Waals surface area contributed by atoms with Gasteiger partial charge in [-0.2, -0.15) is 0 Å². The molecule has 0 aromatic heterocycles. The Morgan fingerprint density at radius 2 is 1.71 bits per heavy atom. The predicted molar refractivity (Wildman–Crippen MR) is 171 cm³/mol. The Morgan fingerprint density at radius 3 is 2.40 bits per heavy atom. The van der Waals surface area contributed by atoms with Crippen LogP contribution >= 0.6 is 0 Å². The van der Waals surface area contributed by atoms with Crippen LogP contribution in [0.25, 0.3) is 0 Å². The number of unbranched alkanes of at least 4 members (excludes halogenated alkanes) is 2. The summed E-state index contributed by atoms with van der Waals surface area (Å²) in [5, 5.41) is 9.36. The summed E-state index contributed by atoms with van der Waals surface area (Å²) in [5.74, 6) is -1.91. The average molecular weight is 623 g/mol. The number of nitrogens with zero attached hydrogens (tertiary/aromatic N) is 4. The molecule has 3 amide bonds. The molecule has 1 N–H and O–H groups in total. The molecule has 246 valence electrons. The van der Waals surface area contributed by atoms with Gasteiger partial charge in [0.05, 0.1) is 30.7 Å². The highest BCUT2D eigenvalue weighted by atomic mass is 16.5. The van der Waals surface area contributed by atoms with Crippen molar-refractivity contribution in [2.75, 3.05) is 65.6 Å². The first-order valence-electron chi connectivity index (χ1n) is 16.5. The number of hydrogen-bond donors (Lipinski definition) is 1. The van der Waals surface area contributed by atoms with E-state index >= 15 is 0 Å². The SMILES string of the molecule is C=CCN(CCN1CCOCC1)C(=O)C1N(CCCCCO)C(=O)[C@@H]2[C@H](C(=O)N(CC=C)Cc3ccccc3)[C@]3(C)CCC12O3. The number of carbonyl (C=O) groups excluding carboxylic acids is 3. The topological polar surface area (TPSA) is 103 Å². The summed E-state index contributed by atoms with van der Waals surface area (Å²) in [5.41, 5.74) is -0.939. The fourth-order valence-corrected chi connectivity index (χ4v) is 7.99. The summed E-state index contributed by atoms with van der Waals surface area (Å²) in [4.78, 5) is 51.2. The fourth-order valence-electron chi connectivity index (χ4n) is 7.99. The number of carbonyl (C=O) groups is 3. The number of amides is 3. The molecule has 0 radical (unpaired) electrons. The van der Waals surface area contributed by atoms with E-state index in [1.54, 1.807) is 26.9 Å². The van der Waals surface area contributed by atoms with E-state index in [2.05, 4.69) is 18.1 Å². The van der Waals surface area contributed by atoms with Gasteiger partial charge in [0.2, 0.25) is 17.7 Å². The minimum Gasteiger partial charge on any atom is -0.396 e. The van der Waals surface area contributed by atoms with Gasteiger partial charge in [-0.25, -0.2) is 0 Å². The molecule has 0 saturated carbocycles. The van der Waals surface area contributed by atoms with Crippen molar-refractivity contribution < 1.29 is 29.0 Å². The molecule has 5 atom stereocenters. The number of fused-ring (bicyclic) bond motifs is 1. The van der Waals surface area contributed by atoms with Gasteiger partial charge < -0.3 is 29.3 Å². The number of ether oxygens (including phenoxy) is 2. The first-order chi connectivity index (χ1) is 21.8. The van der Waals surface area contributed by atoms with Crippen molar-refractivity contribution >= 4 is 17.7 Å². The van der Waals surface area contributed by atoms with E-state index in [9.17, 15) is 19.5 Å². The molecule has 5 rings (SSSR count). The lowest BCUT2D eigenvalue weighted by atomic mass is 9.66. The number of hydrogen-bond acceptors (Lipinski definition) is 7. The summed E-state index contributed by atoms with van der Waals surface area (Å²) in [7, 11) is 0. The van der Waals surface area contributed by atoms with Gasteiger partial charge in [-0.15, -0.1) is 13.2 Å². The van der Waals surface area contributed by atoms with Crippen LogP contribution < -0.4 is 0 Å². The van der Waals surface area contributed by atoms with Crippen LogP contribution in [0.2, 0.25) is 0 Å². The predicted octanol–water partition coefficient (Wildman–Crippen LogP) is 2.48. The number of aliphatic hydroxyl groups excluding tert-OH is 1. The first kappa shape index (κ1) is 33.3. The van der Waals surface area contributed by atoms with Crippen LogP contribution in [-0.4, -0.2) is 125 Å².